The highest BCUT2D eigenvalue weighted by atomic mass is 16.3. The zero-order chi connectivity index (χ0) is 13.2. The number of amides is 1. The van der Waals surface area contributed by atoms with E-state index in [-0.39, 0.29) is 0 Å². The summed E-state index contributed by atoms with van der Waals surface area (Å²) in [6.07, 6.45) is 7.38. The van der Waals surface area contributed by atoms with Gasteiger partial charge in [0.2, 0.25) is 5.91 Å². The average Bonchev–Trinajstić information content (AvgIpc) is 2.68. The zero-order valence-corrected chi connectivity index (χ0v) is 11.8. The fourth-order valence-corrected chi connectivity index (χ4v) is 5.67. The van der Waals surface area contributed by atoms with Gasteiger partial charge in [0.15, 0.2) is 0 Å². The van der Waals surface area contributed by atoms with Crippen LogP contribution in [0.2, 0.25) is 0 Å². The molecule has 106 valence electrons. The number of carbonyl (C=O) groups excluding carboxylic acids is 1. The fraction of sp³-hybridized carbons (Fsp3) is 0.938. The first-order valence-corrected chi connectivity index (χ1v) is 8.03. The molecule has 5 rings (SSSR count). The van der Waals surface area contributed by atoms with Crippen molar-refractivity contribution in [1.82, 2.24) is 4.90 Å². The van der Waals surface area contributed by atoms with Gasteiger partial charge in [-0.25, -0.2) is 0 Å². The van der Waals surface area contributed by atoms with E-state index in [0.29, 0.717) is 30.2 Å². The van der Waals surface area contributed by atoms with Crippen molar-refractivity contribution in [3.05, 3.63) is 0 Å². The molecule has 1 heterocycles. The van der Waals surface area contributed by atoms with Gasteiger partial charge >= 0.3 is 0 Å². The third-order valence-corrected chi connectivity index (χ3v) is 6.28. The Labute approximate surface area is 115 Å². The molecular formula is C16H25NO2. The maximum atomic E-state index is 12.8. The zero-order valence-electron chi connectivity index (χ0n) is 11.8. The summed E-state index contributed by atoms with van der Waals surface area (Å²) in [5.41, 5.74) is -0.651. The Bertz CT molecular complexity index is 376. The molecular weight excluding hydrogens is 238 g/mol. The van der Waals surface area contributed by atoms with Crippen LogP contribution in [0.15, 0.2) is 0 Å². The minimum Gasteiger partial charge on any atom is -0.388 e. The van der Waals surface area contributed by atoms with Crippen molar-refractivity contribution in [3.8, 4) is 0 Å². The Kier molecular flexibility index (Phi) is 2.55. The lowest BCUT2D eigenvalue weighted by Crippen LogP contribution is -2.52. The number of β-amino-alcohol motifs (C(OH)–C–C–N with tert-alkyl or cyclic N) is 1. The van der Waals surface area contributed by atoms with E-state index in [2.05, 4.69) is 0 Å². The van der Waals surface area contributed by atoms with Crippen LogP contribution in [0.3, 0.4) is 0 Å². The number of carbonyl (C=O) groups is 1. The lowest BCUT2D eigenvalue weighted by Gasteiger charge is -2.54. The summed E-state index contributed by atoms with van der Waals surface area (Å²) in [5.74, 6) is 3.83. The normalized spacial score (nSPS) is 51.9. The van der Waals surface area contributed by atoms with Gasteiger partial charge in [0, 0.05) is 19.0 Å². The summed E-state index contributed by atoms with van der Waals surface area (Å²) in [7, 11) is 0. The first-order valence-electron chi connectivity index (χ1n) is 8.03. The molecule has 4 saturated carbocycles. The molecule has 4 bridgehead atoms. The number of aliphatic hydroxyl groups is 1. The summed E-state index contributed by atoms with van der Waals surface area (Å²) in [6, 6.07) is 0. The number of hydrogen-bond donors (Lipinski definition) is 1. The molecule has 0 aromatic heterocycles. The predicted octanol–water partition coefficient (Wildman–Crippen LogP) is 2.04. The van der Waals surface area contributed by atoms with E-state index in [1.807, 2.05) is 11.8 Å². The topological polar surface area (TPSA) is 40.5 Å². The van der Waals surface area contributed by atoms with E-state index in [4.69, 9.17) is 0 Å². The molecule has 1 atom stereocenters. The molecule has 1 saturated heterocycles. The molecule has 1 unspecified atom stereocenters. The molecule has 19 heavy (non-hydrogen) atoms. The Morgan fingerprint density at radius 2 is 1.68 bits per heavy atom. The van der Waals surface area contributed by atoms with Crippen molar-refractivity contribution >= 4 is 5.91 Å². The number of likely N-dealkylation sites (tertiary alicyclic amines) is 1. The van der Waals surface area contributed by atoms with Crippen LogP contribution >= 0.6 is 0 Å². The van der Waals surface area contributed by atoms with Crippen LogP contribution in [-0.4, -0.2) is 34.6 Å². The fourth-order valence-electron chi connectivity index (χ4n) is 5.67. The van der Waals surface area contributed by atoms with Gasteiger partial charge in [-0.15, -0.1) is 0 Å². The van der Waals surface area contributed by atoms with Crippen molar-refractivity contribution in [2.24, 2.45) is 29.6 Å². The second-order valence-corrected chi connectivity index (χ2v) is 7.96. The lowest BCUT2D eigenvalue weighted by atomic mass is 9.51. The van der Waals surface area contributed by atoms with Crippen LogP contribution in [0.4, 0.5) is 0 Å². The van der Waals surface area contributed by atoms with Crippen LogP contribution < -0.4 is 0 Å². The van der Waals surface area contributed by atoms with Crippen LogP contribution in [-0.2, 0) is 4.79 Å². The van der Waals surface area contributed by atoms with Gasteiger partial charge in [-0.2, -0.15) is 0 Å². The van der Waals surface area contributed by atoms with Crippen molar-refractivity contribution in [2.75, 3.05) is 13.1 Å². The van der Waals surface area contributed by atoms with E-state index in [0.717, 1.165) is 24.8 Å². The number of rotatable bonds is 1. The average molecular weight is 263 g/mol. The Morgan fingerprint density at radius 3 is 2.16 bits per heavy atom. The highest BCUT2D eigenvalue weighted by Gasteiger charge is 2.52. The van der Waals surface area contributed by atoms with Crippen LogP contribution in [0.25, 0.3) is 0 Å². The Balaban J connectivity index is 1.52. The standard InChI is InChI=1S/C16H25NO2/c1-16(19)2-3-17(9-16)15(18)14-12-5-10-4-11(7-12)8-13(14)6-10/h10-14,19H,2-9H2,1H3. The minimum atomic E-state index is -0.651. The summed E-state index contributed by atoms with van der Waals surface area (Å²) in [4.78, 5) is 14.8. The van der Waals surface area contributed by atoms with E-state index in [9.17, 15) is 9.90 Å². The monoisotopic (exact) mass is 263 g/mol. The van der Waals surface area contributed by atoms with Crippen LogP contribution in [0.1, 0.15) is 45.4 Å². The van der Waals surface area contributed by atoms with E-state index in [1.165, 1.54) is 32.1 Å². The first-order chi connectivity index (χ1) is 9.02. The molecule has 3 heteroatoms. The van der Waals surface area contributed by atoms with Crippen LogP contribution in [0.5, 0.6) is 0 Å². The van der Waals surface area contributed by atoms with Gasteiger partial charge in [-0.3, -0.25) is 4.79 Å². The van der Waals surface area contributed by atoms with Crippen molar-refractivity contribution in [3.63, 3.8) is 0 Å². The van der Waals surface area contributed by atoms with E-state index < -0.39 is 5.60 Å². The molecule has 4 aliphatic carbocycles. The first kappa shape index (κ1) is 12.2. The van der Waals surface area contributed by atoms with Gasteiger partial charge in [-0.1, -0.05) is 0 Å². The smallest absolute Gasteiger partial charge is 0.226 e. The minimum absolute atomic E-state index is 0.293. The SMILES string of the molecule is CC1(O)CCN(C(=O)C2C3CC4CC(C3)CC2C4)C1. The molecule has 5 aliphatic rings. The molecule has 1 aliphatic heterocycles. The molecule has 0 radical (unpaired) electrons. The highest BCUT2D eigenvalue weighted by molar-refractivity contribution is 5.80. The molecule has 5 fully saturated rings. The predicted molar refractivity (Wildman–Crippen MR) is 72.4 cm³/mol. The summed E-state index contributed by atoms with van der Waals surface area (Å²) in [6.45, 7) is 3.17. The highest BCUT2D eigenvalue weighted by Crippen LogP contribution is 2.57. The third-order valence-electron chi connectivity index (χ3n) is 6.28. The summed E-state index contributed by atoms with van der Waals surface area (Å²) in [5, 5.41) is 10.1. The summed E-state index contributed by atoms with van der Waals surface area (Å²) >= 11 is 0. The Morgan fingerprint density at radius 1 is 1.11 bits per heavy atom. The number of nitrogens with zero attached hydrogens (tertiary/aromatic N) is 1. The Hall–Kier alpha value is -0.570. The van der Waals surface area contributed by atoms with Crippen LogP contribution in [0, 0.1) is 29.6 Å². The second-order valence-electron chi connectivity index (χ2n) is 7.96. The second kappa shape index (κ2) is 3.97. The number of hydrogen-bond acceptors (Lipinski definition) is 2. The molecule has 1 N–H and O–H groups in total. The maximum Gasteiger partial charge on any atom is 0.226 e. The van der Waals surface area contributed by atoms with Gasteiger partial charge in [-0.05, 0) is 69.1 Å². The molecule has 0 aromatic rings. The molecule has 3 nitrogen and oxygen atoms in total. The van der Waals surface area contributed by atoms with Crippen molar-refractivity contribution < 1.29 is 9.90 Å². The van der Waals surface area contributed by atoms with Crippen molar-refractivity contribution in [1.29, 1.82) is 0 Å². The quantitative estimate of drug-likeness (QED) is 0.786. The van der Waals surface area contributed by atoms with E-state index >= 15 is 0 Å². The van der Waals surface area contributed by atoms with Gasteiger partial charge in [0.05, 0.1) is 5.60 Å². The van der Waals surface area contributed by atoms with Gasteiger partial charge in [0.1, 0.15) is 0 Å². The van der Waals surface area contributed by atoms with Gasteiger partial charge in [0.25, 0.3) is 0 Å². The molecule has 0 spiro atoms. The van der Waals surface area contributed by atoms with E-state index in [1.54, 1.807) is 0 Å². The lowest BCUT2D eigenvalue weighted by molar-refractivity contribution is -0.148. The molecule has 0 aromatic carbocycles. The largest absolute Gasteiger partial charge is 0.388 e. The third kappa shape index (κ3) is 1.93. The molecule has 1 amide bonds. The maximum absolute atomic E-state index is 12.8. The summed E-state index contributed by atoms with van der Waals surface area (Å²) < 4.78 is 0. The van der Waals surface area contributed by atoms with Crippen molar-refractivity contribution in [2.45, 2.75) is 51.0 Å². The van der Waals surface area contributed by atoms with Gasteiger partial charge < -0.3 is 10.0 Å².